The highest BCUT2D eigenvalue weighted by atomic mass is 35.5. The lowest BCUT2D eigenvalue weighted by atomic mass is 10.0. The number of aromatic nitrogens is 4. The molecule has 0 aliphatic carbocycles. The summed E-state index contributed by atoms with van der Waals surface area (Å²) >= 11 is 12.4. The number of halogens is 2. The first-order valence-electron chi connectivity index (χ1n) is 9.20. The lowest BCUT2D eigenvalue weighted by molar-refractivity contribution is -0.143. The average Bonchev–Trinajstić information content (AvgIpc) is 3.16. The maximum absolute atomic E-state index is 12.6. The Morgan fingerprint density at radius 1 is 1.10 bits per heavy atom. The largest absolute Gasteiger partial charge is 0.466 e. The van der Waals surface area contributed by atoms with E-state index in [0.717, 1.165) is 4.80 Å². The summed E-state index contributed by atoms with van der Waals surface area (Å²) < 4.78 is 5.01. The molecule has 8 nitrogen and oxygen atoms in total. The van der Waals surface area contributed by atoms with E-state index in [2.05, 4.69) is 20.7 Å². The van der Waals surface area contributed by atoms with Gasteiger partial charge in [-0.15, -0.1) is 10.2 Å². The number of benzene rings is 2. The van der Waals surface area contributed by atoms with Crippen LogP contribution in [0.3, 0.4) is 0 Å². The summed E-state index contributed by atoms with van der Waals surface area (Å²) in [4.78, 5) is 25.8. The van der Waals surface area contributed by atoms with E-state index in [0.29, 0.717) is 27.0 Å². The summed E-state index contributed by atoms with van der Waals surface area (Å²) in [5, 5.41) is 15.8. The van der Waals surface area contributed by atoms with Gasteiger partial charge < -0.3 is 10.1 Å². The molecule has 156 valence electrons. The molecule has 3 rings (SSSR count). The number of ether oxygens (including phenoxy) is 1. The van der Waals surface area contributed by atoms with Crippen molar-refractivity contribution >= 4 is 35.1 Å². The van der Waals surface area contributed by atoms with Crippen molar-refractivity contribution in [2.75, 3.05) is 6.61 Å². The summed E-state index contributed by atoms with van der Waals surface area (Å²) in [6.07, 6.45) is -0.0566. The quantitative estimate of drug-likeness (QED) is 0.530. The van der Waals surface area contributed by atoms with Crippen LogP contribution in [0.25, 0.3) is 11.4 Å². The van der Waals surface area contributed by atoms with Crippen LogP contribution in [0.4, 0.5) is 0 Å². The van der Waals surface area contributed by atoms with E-state index in [9.17, 15) is 9.59 Å². The Morgan fingerprint density at radius 2 is 1.80 bits per heavy atom. The molecule has 0 aliphatic heterocycles. The second-order valence-corrected chi connectivity index (χ2v) is 7.09. The highest BCUT2D eigenvalue weighted by Gasteiger charge is 2.22. The number of tetrazole rings is 1. The Balaban J connectivity index is 1.72. The van der Waals surface area contributed by atoms with E-state index in [1.54, 1.807) is 55.5 Å². The molecule has 1 atom stereocenters. The smallest absolute Gasteiger partial charge is 0.308 e. The molecule has 1 heterocycles. The molecule has 30 heavy (non-hydrogen) atoms. The van der Waals surface area contributed by atoms with Crippen LogP contribution in [-0.2, 0) is 20.9 Å². The minimum atomic E-state index is -0.656. The molecule has 0 fully saturated rings. The molecule has 3 aromatic rings. The molecular weight excluding hydrogens is 429 g/mol. The van der Waals surface area contributed by atoms with Gasteiger partial charge in [0.15, 0.2) is 0 Å². The van der Waals surface area contributed by atoms with Crippen LogP contribution in [-0.4, -0.2) is 38.7 Å². The minimum Gasteiger partial charge on any atom is -0.466 e. The molecule has 1 aromatic heterocycles. The summed E-state index contributed by atoms with van der Waals surface area (Å²) in [6, 6.07) is 13.4. The normalized spacial score (nSPS) is 11.7. The third-order valence-electron chi connectivity index (χ3n) is 4.14. The van der Waals surface area contributed by atoms with Gasteiger partial charge in [-0.1, -0.05) is 53.5 Å². The van der Waals surface area contributed by atoms with Crippen molar-refractivity contribution < 1.29 is 14.3 Å². The standard InChI is InChI=1S/C20H19Cl2N5O3/c1-2-30-19(29)11-17(13-7-3-5-9-15(13)21)23-18(28)12-27-25-20(24-26-27)14-8-4-6-10-16(14)22/h3-10,17H,2,11-12H2,1H3,(H,23,28). The highest BCUT2D eigenvalue weighted by molar-refractivity contribution is 6.33. The fraction of sp³-hybridized carbons (Fsp3) is 0.250. The van der Waals surface area contributed by atoms with Crippen LogP contribution in [0.2, 0.25) is 10.0 Å². The van der Waals surface area contributed by atoms with Gasteiger partial charge in [0.2, 0.25) is 11.7 Å². The summed E-state index contributed by atoms with van der Waals surface area (Å²) in [5.74, 6) is -0.544. The van der Waals surface area contributed by atoms with Crippen molar-refractivity contribution in [3.8, 4) is 11.4 Å². The van der Waals surface area contributed by atoms with Crippen molar-refractivity contribution in [2.45, 2.75) is 25.9 Å². The Bertz CT molecular complexity index is 1040. The second kappa shape index (κ2) is 10.2. The maximum Gasteiger partial charge on any atom is 0.308 e. The van der Waals surface area contributed by atoms with Gasteiger partial charge in [-0.2, -0.15) is 4.80 Å². The van der Waals surface area contributed by atoms with Gasteiger partial charge in [-0.3, -0.25) is 9.59 Å². The molecule has 1 N–H and O–H groups in total. The molecule has 0 spiro atoms. The van der Waals surface area contributed by atoms with Gasteiger partial charge in [0.1, 0.15) is 6.54 Å². The molecule has 0 saturated heterocycles. The zero-order valence-electron chi connectivity index (χ0n) is 16.1. The first-order chi connectivity index (χ1) is 14.5. The summed E-state index contributed by atoms with van der Waals surface area (Å²) in [5.41, 5.74) is 1.23. The number of hydrogen-bond acceptors (Lipinski definition) is 6. The van der Waals surface area contributed by atoms with Crippen molar-refractivity contribution in [1.82, 2.24) is 25.5 Å². The molecule has 10 heteroatoms. The molecular formula is C20H19Cl2N5O3. The number of nitrogens with one attached hydrogen (secondary N) is 1. The molecule has 1 unspecified atom stereocenters. The van der Waals surface area contributed by atoms with Gasteiger partial charge in [-0.25, -0.2) is 0 Å². The zero-order chi connectivity index (χ0) is 21.5. The predicted octanol–water partition coefficient (Wildman–Crippen LogP) is 3.46. The second-order valence-electron chi connectivity index (χ2n) is 6.27. The number of esters is 1. The Hall–Kier alpha value is -2.97. The minimum absolute atomic E-state index is 0.0566. The van der Waals surface area contributed by atoms with Crippen molar-refractivity contribution in [3.63, 3.8) is 0 Å². The van der Waals surface area contributed by atoms with Crippen LogP contribution in [0.1, 0.15) is 24.9 Å². The van der Waals surface area contributed by atoms with E-state index >= 15 is 0 Å². The fourth-order valence-electron chi connectivity index (χ4n) is 2.81. The molecule has 1 amide bonds. The molecule has 0 saturated carbocycles. The van der Waals surface area contributed by atoms with E-state index in [-0.39, 0.29) is 19.6 Å². The maximum atomic E-state index is 12.6. The van der Waals surface area contributed by atoms with Crippen LogP contribution in [0, 0.1) is 0 Å². The van der Waals surface area contributed by atoms with E-state index in [1.807, 2.05) is 0 Å². The monoisotopic (exact) mass is 447 g/mol. The number of rotatable bonds is 8. The van der Waals surface area contributed by atoms with Crippen LogP contribution < -0.4 is 5.32 Å². The lowest BCUT2D eigenvalue weighted by Crippen LogP contribution is -2.34. The fourth-order valence-corrected chi connectivity index (χ4v) is 3.30. The molecule has 2 aromatic carbocycles. The van der Waals surface area contributed by atoms with Gasteiger partial charge in [0.05, 0.1) is 24.1 Å². The van der Waals surface area contributed by atoms with E-state index in [4.69, 9.17) is 27.9 Å². The lowest BCUT2D eigenvalue weighted by Gasteiger charge is -2.19. The van der Waals surface area contributed by atoms with E-state index < -0.39 is 17.9 Å². The molecule has 0 aliphatic rings. The Morgan fingerprint density at radius 3 is 2.50 bits per heavy atom. The van der Waals surface area contributed by atoms with E-state index in [1.165, 1.54) is 0 Å². The predicted molar refractivity (Wildman–Crippen MR) is 112 cm³/mol. The van der Waals surface area contributed by atoms with Crippen LogP contribution in [0.5, 0.6) is 0 Å². The Kier molecular flexibility index (Phi) is 7.37. The van der Waals surface area contributed by atoms with Gasteiger partial charge in [0.25, 0.3) is 0 Å². The number of amides is 1. The van der Waals surface area contributed by atoms with Crippen molar-refractivity contribution in [3.05, 3.63) is 64.1 Å². The van der Waals surface area contributed by atoms with Gasteiger partial charge in [-0.05, 0) is 35.9 Å². The van der Waals surface area contributed by atoms with Gasteiger partial charge >= 0.3 is 5.97 Å². The Labute approximate surface area is 183 Å². The number of hydrogen-bond donors (Lipinski definition) is 1. The summed E-state index contributed by atoms with van der Waals surface area (Å²) in [7, 11) is 0. The topological polar surface area (TPSA) is 99.0 Å². The number of nitrogens with zero attached hydrogens (tertiary/aromatic N) is 4. The number of carbonyl (C=O) groups excluding carboxylic acids is 2. The van der Waals surface area contributed by atoms with Crippen LogP contribution in [0.15, 0.2) is 48.5 Å². The van der Waals surface area contributed by atoms with Gasteiger partial charge in [0, 0.05) is 10.6 Å². The SMILES string of the molecule is CCOC(=O)CC(NC(=O)Cn1nnc(-c2ccccc2Cl)n1)c1ccccc1Cl. The molecule has 0 bridgehead atoms. The first kappa shape index (κ1) is 21.7. The third-order valence-corrected chi connectivity index (χ3v) is 4.82. The zero-order valence-corrected chi connectivity index (χ0v) is 17.6. The van der Waals surface area contributed by atoms with Crippen molar-refractivity contribution in [2.24, 2.45) is 0 Å². The van der Waals surface area contributed by atoms with Crippen molar-refractivity contribution in [1.29, 1.82) is 0 Å². The summed E-state index contributed by atoms with van der Waals surface area (Å²) in [6.45, 7) is 1.77. The molecule has 0 radical (unpaired) electrons. The third kappa shape index (κ3) is 5.55. The van der Waals surface area contributed by atoms with Crippen LogP contribution >= 0.6 is 23.2 Å². The number of carbonyl (C=O) groups is 2. The highest BCUT2D eigenvalue weighted by Crippen LogP contribution is 2.26. The first-order valence-corrected chi connectivity index (χ1v) is 9.95. The average molecular weight is 448 g/mol.